The largest absolute Gasteiger partial charge is 0.355 e. The summed E-state index contributed by atoms with van der Waals surface area (Å²) in [5.74, 6) is 0.0407. The SMILES string of the molecule is CCCNC(=O)CNC(C)c1cscn1. The van der Waals surface area contributed by atoms with Crippen molar-refractivity contribution in [1.29, 1.82) is 0 Å². The topological polar surface area (TPSA) is 54.0 Å². The number of amides is 1. The highest BCUT2D eigenvalue weighted by Gasteiger charge is 2.08. The number of thiazole rings is 1. The van der Waals surface area contributed by atoms with E-state index >= 15 is 0 Å². The molecule has 84 valence electrons. The molecule has 0 aliphatic rings. The van der Waals surface area contributed by atoms with E-state index in [-0.39, 0.29) is 11.9 Å². The van der Waals surface area contributed by atoms with E-state index in [1.165, 1.54) is 0 Å². The van der Waals surface area contributed by atoms with Gasteiger partial charge in [0.05, 0.1) is 17.7 Å². The standard InChI is InChI=1S/C10H17N3OS/c1-3-4-11-10(14)5-12-8(2)9-6-15-7-13-9/h6-8,12H,3-5H2,1-2H3,(H,11,14). The third-order valence-corrected chi connectivity index (χ3v) is 2.64. The summed E-state index contributed by atoms with van der Waals surface area (Å²) in [5.41, 5.74) is 2.79. The van der Waals surface area contributed by atoms with Crippen molar-refractivity contribution in [3.63, 3.8) is 0 Å². The van der Waals surface area contributed by atoms with E-state index in [9.17, 15) is 4.79 Å². The summed E-state index contributed by atoms with van der Waals surface area (Å²) in [6.45, 7) is 5.12. The van der Waals surface area contributed by atoms with Gasteiger partial charge in [0.25, 0.3) is 0 Å². The van der Waals surface area contributed by atoms with E-state index in [1.807, 2.05) is 19.2 Å². The maximum Gasteiger partial charge on any atom is 0.233 e. The van der Waals surface area contributed by atoms with Gasteiger partial charge in [-0.3, -0.25) is 4.79 Å². The van der Waals surface area contributed by atoms with Crippen LogP contribution in [0.15, 0.2) is 10.9 Å². The summed E-state index contributed by atoms with van der Waals surface area (Å²) < 4.78 is 0. The number of nitrogens with zero attached hydrogens (tertiary/aromatic N) is 1. The molecule has 1 atom stereocenters. The van der Waals surface area contributed by atoms with Gasteiger partial charge in [0, 0.05) is 18.0 Å². The molecule has 1 rings (SSSR count). The molecule has 0 spiro atoms. The fourth-order valence-electron chi connectivity index (χ4n) is 1.11. The number of rotatable bonds is 6. The van der Waals surface area contributed by atoms with Crippen LogP contribution in [0.25, 0.3) is 0 Å². The fraction of sp³-hybridized carbons (Fsp3) is 0.600. The summed E-state index contributed by atoms with van der Waals surface area (Å²) in [7, 11) is 0. The molecule has 1 aromatic rings. The van der Waals surface area contributed by atoms with Crippen molar-refractivity contribution in [2.75, 3.05) is 13.1 Å². The first-order chi connectivity index (χ1) is 7.24. The Morgan fingerprint density at radius 1 is 1.67 bits per heavy atom. The molecule has 2 N–H and O–H groups in total. The summed E-state index contributed by atoms with van der Waals surface area (Å²) >= 11 is 1.56. The third-order valence-electron chi connectivity index (χ3n) is 2.04. The molecule has 0 fully saturated rings. The number of carbonyl (C=O) groups is 1. The molecule has 0 aliphatic carbocycles. The number of hydrogen-bond acceptors (Lipinski definition) is 4. The summed E-state index contributed by atoms with van der Waals surface area (Å²) in [5, 5.41) is 7.93. The van der Waals surface area contributed by atoms with Gasteiger partial charge in [0.1, 0.15) is 0 Å². The average Bonchev–Trinajstić information content (AvgIpc) is 2.76. The van der Waals surface area contributed by atoms with Crippen molar-refractivity contribution < 1.29 is 4.79 Å². The molecule has 1 heterocycles. The predicted octanol–water partition coefficient (Wildman–Crippen LogP) is 1.32. The third kappa shape index (κ3) is 4.40. The minimum absolute atomic E-state index is 0.0407. The van der Waals surface area contributed by atoms with Crippen LogP contribution in [0.2, 0.25) is 0 Å². The van der Waals surface area contributed by atoms with Gasteiger partial charge in [-0.15, -0.1) is 11.3 Å². The Kier molecular flexibility index (Phi) is 5.28. The van der Waals surface area contributed by atoms with Gasteiger partial charge in [-0.05, 0) is 13.3 Å². The van der Waals surface area contributed by atoms with Gasteiger partial charge in [-0.25, -0.2) is 4.98 Å². The Bertz CT molecular complexity index is 287. The molecule has 0 saturated carbocycles. The maximum absolute atomic E-state index is 11.3. The molecular weight excluding hydrogens is 210 g/mol. The molecule has 0 aromatic carbocycles. The zero-order valence-electron chi connectivity index (χ0n) is 9.12. The van der Waals surface area contributed by atoms with Crippen LogP contribution in [-0.2, 0) is 4.79 Å². The van der Waals surface area contributed by atoms with Crippen LogP contribution in [-0.4, -0.2) is 24.0 Å². The number of aromatic nitrogens is 1. The van der Waals surface area contributed by atoms with Crippen LogP contribution in [0.4, 0.5) is 0 Å². The Hall–Kier alpha value is -0.940. The lowest BCUT2D eigenvalue weighted by Gasteiger charge is -2.11. The smallest absolute Gasteiger partial charge is 0.233 e. The normalized spacial score (nSPS) is 12.4. The quantitative estimate of drug-likeness (QED) is 0.770. The van der Waals surface area contributed by atoms with Crippen molar-refractivity contribution >= 4 is 17.2 Å². The molecule has 1 unspecified atom stereocenters. The van der Waals surface area contributed by atoms with Crippen LogP contribution < -0.4 is 10.6 Å². The Balaban J connectivity index is 2.22. The van der Waals surface area contributed by atoms with E-state index in [4.69, 9.17) is 0 Å². The first-order valence-electron chi connectivity index (χ1n) is 5.12. The number of hydrogen-bond donors (Lipinski definition) is 2. The average molecular weight is 227 g/mol. The molecular formula is C10H17N3OS. The molecule has 0 aliphatic heterocycles. The number of carbonyl (C=O) groups excluding carboxylic acids is 1. The Morgan fingerprint density at radius 3 is 3.07 bits per heavy atom. The van der Waals surface area contributed by atoms with Crippen LogP contribution in [0.1, 0.15) is 32.0 Å². The second-order valence-corrected chi connectivity index (χ2v) is 4.08. The molecule has 0 radical (unpaired) electrons. The molecule has 1 amide bonds. The minimum Gasteiger partial charge on any atom is -0.355 e. The van der Waals surface area contributed by atoms with Crippen molar-refractivity contribution in [2.45, 2.75) is 26.3 Å². The van der Waals surface area contributed by atoms with Crippen molar-refractivity contribution in [3.05, 3.63) is 16.6 Å². The van der Waals surface area contributed by atoms with Gasteiger partial charge >= 0.3 is 0 Å². The van der Waals surface area contributed by atoms with E-state index < -0.39 is 0 Å². The molecule has 5 heteroatoms. The van der Waals surface area contributed by atoms with Crippen LogP contribution in [0.5, 0.6) is 0 Å². The zero-order chi connectivity index (χ0) is 11.1. The van der Waals surface area contributed by atoms with E-state index in [2.05, 4.69) is 15.6 Å². The predicted molar refractivity (Wildman–Crippen MR) is 61.8 cm³/mol. The van der Waals surface area contributed by atoms with Gasteiger partial charge in [-0.2, -0.15) is 0 Å². The second kappa shape index (κ2) is 6.53. The number of nitrogens with one attached hydrogen (secondary N) is 2. The molecule has 15 heavy (non-hydrogen) atoms. The second-order valence-electron chi connectivity index (χ2n) is 3.37. The molecule has 0 saturated heterocycles. The molecule has 0 bridgehead atoms. The van der Waals surface area contributed by atoms with Crippen LogP contribution in [0.3, 0.4) is 0 Å². The Labute approximate surface area is 94.1 Å². The van der Waals surface area contributed by atoms with Crippen molar-refractivity contribution in [2.24, 2.45) is 0 Å². The lowest BCUT2D eigenvalue weighted by atomic mass is 10.2. The zero-order valence-corrected chi connectivity index (χ0v) is 9.93. The van der Waals surface area contributed by atoms with E-state index in [1.54, 1.807) is 16.8 Å². The monoisotopic (exact) mass is 227 g/mol. The highest BCUT2D eigenvalue weighted by atomic mass is 32.1. The fourth-order valence-corrected chi connectivity index (χ4v) is 1.76. The van der Waals surface area contributed by atoms with Crippen molar-refractivity contribution in [3.8, 4) is 0 Å². The first kappa shape index (κ1) is 12.1. The summed E-state index contributed by atoms with van der Waals surface area (Å²) in [6, 6.07) is 0.128. The summed E-state index contributed by atoms with van der Waals surface area (Å²) in [4.78, 5) is 15.5. The van der Waals surface area contributed by atoms with Crippen LogP contribution in [0, 0.1) is 0 Å². The highest BCUT2D eigenvalue weighted by Crippen LogP contribution is 2.10. The summed E-state index contributed by atoms with van der Waals surface area (Å²) in [6.07, 6.45) is 0.966. The highest BCUT2D eigenvalue weighted by molar-refractivity contribution is 7.07. The van der Waals surface area contributed by atoms with Gasteiger partial charge in [0.15, 0.2) is 0 Å². The maximum atomic E-state index is 11.3. The lowest BCUT2D eigenvalue weighted by Crippen LogP contribution is -2.35. The van der Waals surface area contributed by atoms with Gasteiger partial charge in [-0.1, -0.05) is 6.92 Å². The van der Waals surface area contributed by atoms with E-state index in [0.717, 1.165) is 18.7 Å². The molecule has 4 nitrogen and oxygen atoms in total. The van der Waals surface area contributed by atoms with Gasteiger partial charge in [0.2, 0.25) is 5.91 Å². The first-order valence-corrected chi connectivity index (χ1v) is 6.06. The Morgan fingerprint density at radius 2 is 2.47 bits per heavy atom. The van der Waals surface area contributed by atoms with Crippen LogP contribution >= 0.6 is 11.3 Å². The van der Waals surface area contributed by atoms with Gasteiger partial charge < -0.3 is 10.6 Å². The lowest BCUT2D eigenvalue weighted by molar-refractivity contribution is -0.120. The molecule has 1 aromatic heterocycles. The minimum atomic E-state index is 0.0407. The van der Waals surface area contributed by atoms with Crippen molar-refractivity contribution in [1.82, 2.24) is 15.6 Å². The van der Waals surface area contributed by atoms with E-state index in [0.29, 0.717) is 6.54 Å².